The number of rotatable bonds is 2. The van der Waals surface area contributed by atoms with Crippen LogP contribution in [-0.2, 0) is 16.8 Å². The Morgan fingerprint density at radius 1 is 1.39 bits per heavy atom. The molecule has 1 amide bonds. The summed E-state index contributed by atoms with van der Waals surface area (Å²) in [7, 11) is 0. The molecule has 0 unspecified atom stereocenters. The Balaban J connectivity index is 2.07. The first-order valence-electron chi connectivity index (χ1n) is 6.38. The largest absolute Gasteiger partial charge is 0.354 e. The van der Waals surface area contributed by atoms with Gasteiger partial charge in [-0.2, -0.15) is 0 Å². The highest BCUT2D eigenvalue weighted by molar-refractivity contribution is 5.78. The number of carbonyl (C=O) groups is 1. The van der Waals surface area contributed by atoms with E-state index >= 15 is 0 Å². The van der Waals surface area contributed by atoms with Crippen molar-refractivity contribution in [3.8, 4) is 0 Å². The third kappa shape index (κ3) is 3.29. The van der Waals surface area contributed by atoms with E-state index in [1.165, 1.54) is 11.1 Å². The minimum Gasteiger partial charge on any atom is -0.354 e. The van der Waals surface area contributed by atoms with E-state index in [-0.39, 0.29) is 11.3 Å². The van der Waals surface area contributed by atoms with Gasteiger partial charge in [-0.05, 0) is 16.5 Å². The zero-order valence-electron chi connectivity index (χ0n) is 11.4. The smallest absolute Gasteiger partial charge is 0.234 e. The molecule has 0 bridgehead atoms. The molecule has 0 aliphatic carbocycles. The summed E-state index contributed by atoms with van der Waals surface area (Å²) >= 11 is 0. The molecular weight excluding hydrogens is 226 g/mol. The van der Waals surface area contributed by atoms with E-state index in [9.17, 15) is 4.79 Å². The van der Waals surface area contributed by atoms with E-state index in [0.717, 1.165) is 19.6 Å². The third-order valence-corrected chi connectivity index (χ3v) is 3.18. The van der Waals surface area contributed by atoms with E-state index in [1.807, 2.05) is 12.4 Å². The van der Waals surface area contributed by atoms with Crippen molar-refractivity contribution in [3.05, 3.63) is 29.6 Å². The Hall–Kier alpha value is -1.42. The number of hydrogen-bond donors (Lipinski definition) is 1. The molecule has 18 heavy (non-hydrogen) atoms. The van der Waals surface area contributed by atoms with Crippen molar-refractivity contribution in [1.29, 1.82) is 0 Å². The van der Waals surface area contributed by atoms with E-state index < -0.39 is 0 Å². The van der Waals surface area contributed by atoms with E-state index in [0.29, 0.717) is 6.54 Å². The summed E-state index contributed by atoms with van der Waals surface area (Å²) < 4.78 is 0. The molecule has 0 saturated carbocycles. The fourth-order valence-electron chi connectivity index (χ4n) is 2.07. The maximum atomic E-state index is 11.3. The Morgan fingerprint density at radius 2 is 2.17 bits per heavy atom. The SMILES string of the molecule is CC(C)(C)c1cncc(CN2CCNC(=O)C2)c1. The summed E-state index contributed by atoms with van der Waals surface area (Å²) in [5.41, 5.74) is 2.53. The van der Waals surface area contributed by atoms with Gasteiger partial charge in [-0.15, -0.1) is 0 Å². The van der Waals surface area contributed by atoms with Crippen LogP contribution in [0.3, 0.4) is 0 Å². The van der Waals surface area contributed by atoms with Crippen molar-refractivity contribution in [3.63, 3.8) is 0 Å². The molecule has 0 aromatic carbocycles. The molecule has 1 N–H and O–H groups in total. The zero-order valence-corrected chi connectivity index (χ0v) is 11.4. The molecule has 4 heteroatoms. The highest BCUT2D eigenvalue weighted by Crippen LogP contribution is 2.22. The number of amides is 1. The highest BCUT2D eigenvalue weighted by Gasteiger charge is 2.18. The second kappa shape index (κ2) is 5.06. The van der Waals surface area contributed by atoms with Gasteiger partial charge in [0.2, 0.25) is 5.91 Å². The van der Waals surface area contributed by atoms with Gasteiger partial charge >= 0.3 is 0 Å². The second-order valence-electron chi connectivity index (χ2n) is 5.89. The van der Waals surface area contributed by atoms with Crippen LogP contribution in [0.5, 0.6) is 0 Å². The number of nitrogens with one attached hydrogen (secondary N) is 1. The fraction of sp³-hybridized carbons (Fsp3) is 0.571. The quantitative estimate of drug-likeness (QED) is 0.857. The van der Waals surface area contributed by atoms with Gasteiger partial charge in [0.25, 0.3) is 0 Å². The average Bonchev–Trinajstić information content (AvgIpc) is 2.28. The maximum Gasteiger partial charge on any atom is 0.234 e. The Morgan fingerprint density at radius 3 is 2.83 bits per heavy atom. The van der Waals surface area contributed by atoms with E-state index in [1.54, 1.807) is 0 Å². The summed E-state index contributed by atoms with van der Waals surface area (Å²) in [6, 6.07) is 2.19. The van der Waals surface area contributed by atoms with Crippen molar-refractivity contribution in [2.45, 2.75) is 32.7 Å². The van der Waals surface area contributed by atoms with Crippen LogP contribution in [0.25, 0.3) is 0 Å². The van der Waals surface area contributed by atoms with Crippen LogP contribution in [0, 0.1) is 0 Å². The normalized spacial score (nSPS) is 17.6. The minimum absolute atomic E-state index is 0.112. The standard InChI is InChI=1S/C14H21N3O/c1-14(2,3)12-6-11(7-15-8-12)9-17-5-4-16-13(18)10-17/h6-8H,4-5,9-10H2,1-3H3,(H,16,18). The minimum atomic E-state index is 0.112. The van der Waals surface area contributed by atoms with Crippen molar-refractivity contribution in [1.82, 2.24) is 15.2 Å². The molecule has 1 saturated heterocycles. The third-order valence-electron chi connectivity index (χ3n) is 3.18. The number of piperazine rings is 1. The molecule has 0 radical (unpaired) electrons. The molecule has 1 aromatic heterocycles. The molecule has 1 fully saturated rings. The molecule has 2 heterocycles. The van der Waals surface area contributed by atoms with Crippen molar-refractivity contribution in [2.24, 2.45) is 0 Å². The summed E-state index contributed by atoms with van der Waals surface area (Å²) in [6.07, 6.45) is 3.81. The number of pyridine rings is 1. The number of nitrogens with zero attached hydrogens (tertiary/aromatic N) is 2. The summed E-state index contributed by atoms with van der Waals surface area (Å²) in [4.78, 5) is 17.8. The maximum absolute atomic E-state index is 11.3. The fourth-order valence-corrected chi connectivity index (χ4v) is 2.07. The topological polar surface area (TPSA) is 45.2 Å². The molecule has 1 aromatic rings. The monoisotopic (exact) mass is 247 g/mol. The van der Waals surface area contributed by atoms with Gasteiger partial charge in [0, 0.05) is 32.0 Å². The summed E-state index contributed by atoms with van der Waals surface area (Å²) in [5.74, 6) is 0.112. The Kier molecular flexibility index (Phi) is 3.66. The number of hydrogen-bond acceptors (Lipinski definition) is 3. The van der Waals surface area contributed by atoms with Gasteiger partial charge < -0.3 is 5.32 Å². The van der Waals surface area contributed by atoms with Gasteiger partial charge in [-0.3, -0.25) is 14.7 Å². The molecule has 2 rings (SSSR count). The van der Waals surface area contributed by atoms with Crippen LogP contribution < -0.4 is 5.32 Å². The number of carbonyl (C=O) groups excluding carboxylic acids is 1. The molecule has 4 nitrogen and oxygen atoms in total. The number of aromatic nitrogens is 1. The lowest BCUT2D eigenvalue weighted by Crippen LogP contribution is -2.47. The van der Waals surface area contributed by atoms with Gasteiger partial charge in [0.15, 0.2) is 0 Å². The second-order valence-corrected chi connectivity index (χ2v) is 5.89. The molecule has 1 aliphatic heterocycles. The highest BCUT2D eigenvalue weighted by atomic mass is 16.2. The van der Waals surface area contributed by atoms with E-state index in [4.69, 9.17) is 0 Å². The molecule has 0 spiro atoms. The van der Waals surface area contributed by atoms with Crippen molar-refractivity contribution < 1.29 is 4.79 Å². The predicted octanol–water partition coefficient (Wildman–Crippen LogP) is 1.31. The van der Waals surface area contributed by atoms with Crippen LogP contribution in [0.4, 0.5) is 0 Å². The van der Waals surface area contributed by atoms with Gasteiger partial charge in [0.05, 0.1) is 6.54 Å². The van der Waals surface area contributed by atoms with Crippen LogP contribution in [0.15, 0.2) is 18.5 Å². The van der Waals surface area contributed by atoms with Crippen LogP contribution in [0.2, 0.25) is 0 Å². The van der Waals surface area contributed by atoms with Crippen LogP contribution >= 0.6 is 0 Å². The molecule has 1 aliphatic rings. The Bertz CT molecular complexity index is 437. The predicted molar refractivity (Wildman–Crippen MR) is 71.2 cm³/mol. The van der Waals surface area contributed by atoms with Crippen molar-refractivity contribution in [2.75, 3.05) is 19.6 Å². The Labute approximate surface area is 108 Å². The molecule has 98 valence electrons. The summed E-state index contributed by atoms with van der Waals surface area (Å²) in [6.45, 7) is 9.48. The van der Waals surface area contributed by atoms with Gasteiger partial charge in [-0.1, -0.05) is 26.8 Å². The first-order valence-corrected chi connectivity index (χ1v) is 6.38. The van der Waals surface area contributed by atoms with Crippen LogP contribution in [-0.4, -0.2) is 35.4 Å². The first kappa shape index (κ1) is 13.0. The van der Waals surface area contributed by atoms with Gasteiger partial charge in [0.1, 0.15) is 0 Å². The van der Waals surface area contributed by atoms with Crippen molar-refractivity contribution >= 4 is 5.91 Å². The summed E-state index contributed by atoms with van der Waals surface area (Å²) in [5, 5.41) is 2.84. The van der Waals surface area contributed by atoms with Crippen LogP contribution in [0.1, 0.15) is 31.9 Å². The lowest BCUT2D eigenvalue weighted by Gasteiger charge is -2.27. The molecular formula is C14H21N3O. The molecule has 0 atom stereocenters. The van der Waals surface area contributed by atoms with Gasteiger partial charge in [-0.25, -0.2) is 0 Å². The lowest BCUT2D eigenvalue weighted by molar-refractivity contribution is -0.124. The lowest BCUT2D eigenvalue weighted by atomic mass is 9.87. The average molecular weight is 247 g/mol. The van der Waals surface area contributed by atoms with E-state index in [2.05, 4.69) is 42.0 Å². The first-order chi connectivity index (χ1) is 8.45. The zero-order chi connectivity index (χ0) is 13.2.